The van der Waals surface area contributed by atoms with Crippen molar-refractivity contribution in [1.82, 2.24) is 14.7 Å². The van der Waals surface area contributed by atoms with Crippen LogP contribution in [-0.2, 0) is 16.4 Å². The first-order chi connectivity index (χ1) is 9.02. The zero-order valence-corrected chi connectivity index (χ0v) is 11.6. The lowest BCUT2D eigenvalue weighted by Gasteiger charge is -2.11. The molecule has 0 bridgehead atoms. The van der Waals surface area contributed by atoms with Gasteiger partial charge in [0, 0.05) is 24.3 Å². The minimum atomic E-state index is -3.17. The summed E-state index contributed by atoms with van der Waals surface area (Å²) in [7, 11) is -3.17. The molecule has 0 amide bonds. The molecule has 0 aromatic carbocycles. The molecule has 2 aromatic heterocycles. The van der Waals surface area contributed by atoms with E-state index in [1.165, 1.54) is 0 Å². The van der Waals surface area contributed by atoms with Gasteiger partial charge in [-0.25, -0.2) is 18.1 Å². The molecule has 0 saturated heterocycles. The number of nitrogens with one attached hydrogen (secondary N) is 2. The summed E-state index contributed by atoms with van der Waals surface area (Å²) in [4.78, 5) is 7.30. The Labute approximate surface area is 112 Å². The summed E-state index contributed by atoms with van der Waals surface area (Å²) >= 11 is 0. The summed E-state index contributed by atoms with van der Waals surface area (Å²) in [5, 5.41) is 1.05. The highest BCUT2D eigenvalue weighted by Gasteiger charge is 2.49. The third-order valence-electron chi connectivity index (χ3n) is 3.83. The van der Waals surface area contributed by atoms with Crippen molar-refractivity contribution in [3.05, 3.63) is 30.1 Å². The molecule has 1 aliphatic rings. The summed E-state index contributed by atoms with van der Waals surface area (Å²) in [6.45, 7) is 2.23. The predicted octanol–water partition coefficient (Wildman–Crippen LogP) is 1.58. The monoisotopic (exact) mass is 279 g/mol. The van der Waals surface area contributed by atoms with Crippen LogP contribution in [0.15, 0.2) is 24.5 Å². The molecule has 0 radical (unpaired) electrons. The van der Waals surface area contributed by atoms with Crippen LogP contribution in [0.1, 0.15) is 25.3 Å². The normalized spacial score (nSPS) is 17.7. The van der Waals surface area contributed by atoms with Gasteiger partial charge in [0.25, 0.3) is 0 Å². The van der Waals surface area contributed by atoms with E-state index >= 15 is 0 Å². The number of rotatable bonds is 5. The number of sulfonamides is 1. The van der Waals surface area contributed by atoms with Crippen molar-refractivity contribution in [2.75, 3.05) is 6.54 Å². The van der Waals surface area contributed by atoms with Crippen LogP contribution in [0.5, 0.6) is 0 Å². The van der Waals surface area contributed by atoms with Crippen LogP contribution in [0.2, 0.25) is 0 Å². The Hall–Kier alpha value is -1.40. The molecule has 1 fully saturated rings. The third kappa shape index (κ3) is 2.26. The van der Waals surface area contributed by atoms with Crippen LogP contribution in [0.4, 0.5) is 0 Å². The van der Waals surface area contributed by atoms with Gasteiger partial charge in [-0.05, 0) is 43.9 Å². The average molecular weight is 279 g/mol. The first-order valence-electron chi connectivity index (χ1n) is 6.42. The van der Waals surface area contributed by atoms with Crippen molar-refractivity contribution in [2.24, 2.45) is 0 Å². The fourth-order valence-electron chi connectivity index (χ4n) is 2.16. The number of fused-ring (bicyclic) bond motifs is 1. The van der Waals surface area contributed by atoms with Gasteiger partial charge in [-0.3, -0.25) is 0 Å². The number of pyridine rings is 1. The number of H-pyrrole nitrogens is 1. The van der Waals surface area contributed by atoms with E-state index in [1.54, 1.807) is 13.1 Å². The van der Waals surface area contributed by atoms with Gasteiger partial charge in [-0.1, -0.05) is 0 Å². The maximum absolute atomic E-state index is 12.0. The average Bonchev–Trinajstić information content (AvgIpc) is 3.02. The van der Waals surface area contributed by atoms with E-state index in [-0.39, 0.29) is 0 Å². The number of hydrogen-bond acceptors (Lipinski definition) is 3. The van der Waals surface area contributed by atoms with E-state index in [0.717, 1.165) is 29.4 Å². The molecule has 0 atom stereocenters. The highest BCUT2D eigenvalue weighted by Crippen LogP contribution is 2.42. The molecule has 0 unspecified atom stereocenters. The second kappa shape index (κ2) is 4.31. The van der Waals surface area contributed by atoms with E-state index in [2.05, 4.69) is 14.7 Å². The number of hydrogen-bond donors (Lipinski definition) is 2. The van der Waals surface area contributed by atoms with Crippen LogP contribution in [-0.4, -0.2) is 29.7 Å². The van der Waals surface area contributed by atoms with Crippen molar-refractivity contribution in [3.63, 3.8) is 0 Å². The molecule has 6 heteroatoms. The Morgan fingerprint density at radius 1 is 1.47 bits per heavy atom. The van der Waals surface area contributed by atoms with E-state index in [0.29, 0.717) is 13.0 Å². The van der Waals surface area contributed by atoms with E-state index in [4.69, 9.17) is 0 Å². The quantitative estimate of drug-likeness (QED) is 0.872. The highest BCUT2D eigenvalue weighted by molar-refractivity contribution is 7.91. The summed E-state index contributed by atoms with van der Waals surface area (Å²) in [5.41, 5.74) is 1.93. The van der Waals surface area contributed by atoms with Gasteiger partial charge in [-0.15, -0.1) is 0 Å². The molecular weight excluding hydrogens is 262 g/mol. The Balaban J connectivity index is 1.67. The number of nitrogens with zero attached hydrogens (tertiary/aromatic N) is 1. The lowest BCUT2D eigenvalue weighted by atomic mass is 10.2. The van der Waals surface area contributed by atoms with Crippen LogP contribution < -0.4 is 4.72 Å². The van der Waals surface area contributed by atoms with Gasteiger partial charge in [-0.2, -0.15) is 0 Å². The number of aromatic nitrogens is 2. The van der Waals surface area contributed by atoms with Gasteiger partial charge in [0.05, 0.1) is 4.75 Å². The summed E-state index contributed by atoms with van der Waals surface area (Å²) in [6, 6.07) is 3.87. The standard InChI is InChI=1S/C13H17N3O2S/c1-13(5-6-13)19(17,18)16-8-4-10-9-15-12-11(10)3-2-7-14-12/h2-3,7,9,16H,4-6,8H2,1H3,(H,14,15). The van der Waals surface area contributed by atoms with Crippen LogP contribution >= 0.6 is 0 Å². The van der Waals surface area contributed by atoms with Crippen molar-refractivity contribution in [2.45, 2.75) is 30.9 Å². The maximum Gasteiger partial charge on any atom is 0.217 e. The van der Waals surface area contributed by atoms with Crippen molar-refractivity contribution in [1.29, 1.82) is 0 Å². The van der Waals surface area contributed by atoms with Gasteiger partial charge >= 0.3 is 0 Å². The Morgan fingerprint density at radius 3 is 3.00 bits per heavy atom. The van der Waals surface area contributed by atoms with Gasteiger partial charge in [0.2, 0.25) is 10.0 Å². The Bertz CT molecular complexity index is 702. The van der Waals surface area contributed by atoms with E-state index in [9.17, 15) is 8.42 Å². The molecule has 3 rings (SSSR count). The highest BCUT2D eigenvalue weighted by atomic mass is 32.2. The fraction of sp³-hybridized carbons (Fsp3) is 0.462. The fourth-order valence-corrected chi connectivity index (χ4v) is 3.52. The molecule has 102 valence electrons. The second-order valence-corrected chi connectivity index (χ2v) is 7.59. The Kier molecular flexibility index (Phi) is 2.87. The first-order valence-corrected chi connectivity index (χ1v) is 7.90. The zero-order valence-electron chi connectivity index (χ0n) is 10.8. The summed E-state index contributed by atoms with van der Waals surface area (Å²) < 4.78 is 26.1. The second-order valence-electron chi connectivity index (χ2n) is 5.31. The van der Waals surface area contributed by atoms with Gasteiger partial charge in [0.1, 0.15) is 5.65 Å². The molecular formula is C13H17N3O2S. The third-order valence-corrected chi connectivity index (χ3v) is 6.12. The zero-order chi connectivity index (χ0) is 13.5. The molecule has 0 spiro atoms. The van der Waals surface area contributed by atoms with E-state index in [1.807, 2.05) is 18.3 Å². The molecule has 2 heterocycles. The van der Waals surface area contributed by atoms with Crippen molar-refractivity contribution in [3.8, 4) is 0 Å². The minimum Gasteiger partial charge on any atom is -0.346 e. The minimum absolute atomic E-state index is 0.430. The molecule has 19 heavy (non-hydrogen) atoms. The van der Waals surface area contributed by atoms with Crippen molar-refractivity contribution < 1.29 is 8.42 Å². The molecule has 0 aliphatic heterocycles. The van der Waals surface area contributed by atoms with Crippen molar-refractivity contribution >= 4 is 21.1 Å². The predicted molar refractivity (Wildman–Crippen MR) is 74.4 cm³/mol. The smallest absolute Gasteiger partial charge is 0.217 e. The number of aromatic amines is 1. The topological polar surface area (TPSA) is 74.8 Å². The summed E-state index contributed by atoms with van der Waals surface area (Å²) in [5.74, 6) is 0. The molecule has 1 saturated carbocycles. The maximum atomic E-state index is 12.0. The van der Waals surface area contributed by atoms with E-state index < -0.39 is 14.8 Å². The summed E-state index contributed by atoms with van der Waals surface area (Å²) in [6.07, 6.45) is 5.82. The first kappa shape index (κ1) is 12.6. The molecule has 2 N–H and O–H groups in total. The van der Waals surface area contributed by atoms with Crippen LogP contribution in [0, 0.1) is 0 Å². The van der Waals surface area contributed by atoms with Gasteiger partial charge < -0.3 is 4.98 Å². The molecule has 2 aromatic rings. The molecule has 1 aliphatic carbocycles. The Morgan fingerprint density at radius 2 is 2.26 bits per heavy atom. The molecule has 5 nitrogen and oxygen atoms in total. The lowest BCUT2D eigenvalue weighted by molar-refractivity contribution is 0.567. The SMILES string of the molecule is CC1(S(=O)(=O)NCCc2c[nH]c3ncccc23)CC1. The van der Waals surface area contributed by atoms with Crippen LogP contribution in [0.25, 0.3) is 11.0 Å². The van der Waals surface area contributed by atoms with Crippen LogP contribution in [0.3, 0.4) is 0 Å². The lowest BCUT2D eigenvalue weighted by Crippen LogP contribution is -2.35. The largest absolute Gasteiger partial charge is 0.346 e. The van der Waals surface area contributed by atoms with Gasteiger partial charge in [0.15, 0.2) is 0 Å².